The third kappa shape index (κ3) is 2.37. The molecular weight excluding hydrogens is 232 g/mol. The Morgan fingerprint density at radius 3 is 2.47 bits per heavy atom. The lowest BCUT2D eigenvalue weighted by atomic mass is 10.0. The van der Waals surface area contributed by atoms with E-state index in [1.807, 2.05) is 12.1 Å². The molecule has 2 aromatic carbocycles. The second kappa shape index (κ2) is 5.08. The number of aromatic hydroxyl groups is 1. The van der Waals surface area contributed by atoms with E-state index in [2.05, 4.69) is 25.1 Å². The number of fused-ring (bicyclic) bond motifs is 3. The van der Waals surface area contributed by atoms with Gasteiger partial charge in [0, 0.05) is 0 Å². The fraction of sp³-hybridized carbons (Fsp3) is 0.333. The van der Waals surface area contributed by atoms with Crippen molar-refractivity contribution in [1.82, 2.24) is 0 Å². The Kier molecular flexibility index (Phi) is 3.29. The summed E-state index contributed by atoms with van der Waals surface area (Å²) < 4.78 is 0. The van der Waals surface area contributed by atoms with Gasteiger partial charge in [-0.15, -0.1) is 0 Å². The van der Waals surface area contributed by atoms with Gasteiger partial charge in [0.25, 0.3) is 0 Å². The van der Waals surface area contributed by atoms with Crippen LogP contribution < -0.4 is 0 Å². The van der Waals surface area contributed by atoms with Crippen LogP contribution in [-0.4, -0.2) is 5.11 Å². The number of aryl methyl sites for hydroxylation is 1. The lowest BCUT2D eigenvalue weighted by Gasteiger charge is -2.05. The molecule has 0 spiro atoms. The smallest absolute Gasteiger partial charge is 0.115 e. The molecule has 0 fully saturated rings. The Bertz CT molecular complexity index is 599. The summed E-state index contributed by atoms with van der Waals surface area (Å²) in [5.41, 5.74) is 6.74. The molecule has 0 bridgehead atoms. The van der Waals surface area contributed by atoms with Gasteiger partial charge < -0.3 is 5.11 Å². The number of phenolic OH excluding ortho intramolecular Hbond substituents is 1. The summed E-state index contributed by atoms with van der Waals surface area (Å²) in [5.74, 6) is 0.370. The summed E-state index contributed by atoms with van der Waals surface area (Å²) in [7, 11) is 0. The van der Waals surface area contributed by atoms with Crippen molar-refractivity contribution in [3.05, 3.63) is 53.1 Å². The van der Waals surface area contributed by atoms with Crippen LogP contribution in [0.15, 0.2) is 36.4 Å². The van der Waals surface area contributed by atoms with Crippen molar-refractivity contribution in [2.45, 2.75) is 39.0 Å². The number of hydrogen-bond acceptors (Lipinski definition) is 1. The molecule has 1 nitrogen and oxygen atoms in total. The summed E-state index contributed by atoms with van der Waals surface area (Å²) in [6.07, 6.45) is 6.01. The highest BCUT2D eigenvalue weighted by Crippen LogP contribution is 2.38. The van der Waals surface area contributed by atoms with Crippen LogP contribution in [0.4, 0.5) is 0 Å². The van der Waals surface area contributed by atoms with E-state index in [-0.39, 0.29) is 0 Å². The number of phenols is 1. The van der Waals surface area contributed by atoms with Crippen molar-refractivity contribution < 1.29 is 5.11 Å². The molecule has 2 aromatic rings. The fourth-order valence-corrected chi connectivity index (χ4v) is 2.99. The first-order chi connectivity index (χ1) is 9.28. The lowest BCUT2D eigenvalue weighted by Crippen LogP contribution is -1.88. The van der Waals surface area contributed by atoms with Crippen molar-refractivity contribution in [1.29, 1.82) is 0 Å². The summed E-state index contributed by atoms with van der Waals surface area (Å²) in [4.78, 5) is 0. The molecule has 0 aromatic heterocycles. The summed E-state index contributed by atoms with van der Waals surface area (Å²) in [6.45, 7) is 2.24. The topological polar surface area (TPSA) is 20.2 Å². The zero-order valence-corrected chi connectivity index (χ0v) is 11.4. The molecule has 0 radical (unpaired) electrons. The van der Waals surface area contributed by atoms with Gasteiger partial charge in [-0.1, -0.05) is 44.0 Å². The summed E-state index contributed by atoms with van der Waals surface area (Å²) >= 11 is 0. The quantitative estimate of drug-likeness (QED) is 0.667. The van der Waals surface area contributed by atoms with E-state index in [0.29, 0.717) is 5.75 Å². The maximum atomic E-state index is 9.57. The maximum absolute atomic E-state index is 9.57. The maximum Gasteiger partial charge on any atom is 0.115 e. The van der Waals surface area contributed by atoms with Gasteiger partial charge in [-0.05, 0) is 59.2 Å². The molecule has 0 unspecified atom stereocenters. The monoisotopic (exact) mass is 252 g/mol. The largest absolute Gasteiger partial charge is 0.508 e. The zero-order chi connectivity index (χ0) is 13.2. The minimum atomic E-state index is 0.370. The molecule has 98 valence electrons. The van der Waals surface area contributed by atoms with E-state index in [9.17, 15) is 5.11 Å². The zero-order valence-electron chi connectivity index (χ0n) is 11.4. The van der Waals surface area contributed by atoms with Crippen molar-refractivity contribution in [2.75, 3.05) is 0 Å². The standard InChI is InChI=1S/C18H20O/c1-2-3-4-5-13-6-8-17-14(10-13)11-15-12-16(19)7-9-18(15)17/h6-10,12,19H,2-5,11H2,1H3. The molecular formula is C18H20O. The highest BCUT2D eigenvalue weighted by atomic mass is 16.3. The van der Waals surface area contributed by atoms with E-state index >= 15 is 0 Å². The van der Waals surface area contributed by atoms with Crippen LogP contribution in [0, 0.1) is 0 Å². The van der Waals surface area contributed by atoms with E-state index in [1.54, 1.807) is 6.07 Å². The first-order valence-corrected chi connectivity index (χ1v) is 7.22. The number of unbranched alkanes of at least 4 members (excludes halogenated alkanes) is 2. The summed E-state index contributed by atoms with van der Waals surface area (Å²) in [5, 5.41) is 9.57. The highest BCUT2D eigenvalue weighted by Gasteiger charge is 2.18. The van der Waals surface area contributed by atoms with Crippen LogP contribution >= 0.6 is 0 Å². The third-order valence-corrected chi connectivity index (χ3v) is 4.00. The number of hydrogen-bond donors (Lipinski definition) is 1. The van der Waals surface area contributed by atoms with Gasteiger partial charge in [-0.3, -0.25) is 0 Å². The minimum Gasteiger partial charge on any atom is -0.508 e. The van der Waals surface area contributed by atoms with E-state index in [4.69, 9.17) is 0 Å². The molecule has 0 saturated heterocycles. The molecule has 0 atom stereocenters. The second-order valence-corrected chi connectivity index (χ2v) is 5.47. The van der Waals surface area contributed by atoms with E-state index in [1.165, 1.54) is 53.5 Å². The Morgan fingerprint density at radius 2 is 1.68 bits per heavy atom. The predicted octanol–water partition coefficient (Wildman–Crippen LogP) is 4.70. The first-order valence-electron chi connectivity index (χ1n) is 7.22. The van der Waals surface area contributed by atoms with Gasteiger partial charge in [0.05, 0.1) is 0 Å². The van der Waals surface area contributed by atoms with E-state index < -0.39 is 0 Å². The molecule has 0 aliphatic heterocycles. The third-order valence-electron chi connectivity index (χ3n) is 4.00. The molecule has 1 heteroatoms. The Hall–Kier alpha value is -1.76. The van der Waals surface area contributed by atoms with Gasteiger partial charge in [0.1, 0.15) is 5.75 Å². The lowest BCUT2D eigenvalue weighted by molar-refractivity contribution is 0.475. The van der Waals surface area contributed by atoms with Crippen LogP contribution in [0.2, 0.25) is 0 Å². The van der Waals surface area contributed by atoms with Crippen LogP contribution in [-0.2, 0) is 12.8 Å². The van der Waals surface area contributed by atoms with Crippen LogP contribution in [0.3, 0.4) is 0 Å². The van der Waals surface area contributed by atoms with Crippen molar-refractivity contribution in [2.24, 2.45) is 0 Å². The minimum absolute atomic E-state index is 0.370. The Balaban J connectivity index is 1.86. The van der Waals surface area contributed by atoms with Gasteiger partial charge in [0.2, 0.25) is 0 Å². The normalized spacial score (nSPS) is 12.3. The average Bonchev–Trinajstić information content (AvgIpc) is 2.75. The fourth-order valence-electron chi connectivity index (χ4n) is 2.99. The van der Waals surface area contributed by atoms with Crippen LogP contribution in [0.1, 0.15) is 42.9 Å². The van der Waals surface area contributed by atoms with E-state index in [0.717, 1.165) is 6.42 Å². The predicted molar refractivity (Wildman–Crippen MR) is 79.6 cm³/mol. The van der Waals surface area contributed by atoms with Crippen molar-refractivity contribution in [3.8, 4) is 16.9 Å². The van der Waals surface area contributed by atoms with Gasteiger partial charge >= 0.3 is 0 Å². The van der Waals surface area contributed by atoms with Gasteiger partial charge in [-0.2, -0.15) is 0 Å². The van der Waals surface area contributed by atoms with Crippen molar-refractivity contribution in [3.63, 3.8) is 0 Å². The van der Waals surface area contributed by atoms with Crippen molar-refractivity contribution >= 4 is 0 Å². The average molecular weight is 252 g/mol. The Labute approximate surface area is 114 Å². The molecule has 3 rings (SSSR count). The molecule has 1 N–H and O–H groups in total. The molecule has 0 saturated carbocycles. The van der Waals surface area contributed by atoms with Crippen LogP contribution in [0.5, 0.6) is 5.75 Å². The summed E-state index contributed by atoms with van der Waals surface area (Å²) in [6, 6.07) is 12.6. The Morgan fingerprint density at radius 1 is 0.947 bits per heavy atom. The molecule has 0 amide bonds. The number of rotatable bonds is 4. The molecule has 0 heterocycles. The molecule has 1 aliphatic carbocycles. The van der Waals surface area contributed by atoms with Crippen LogP contribution in [0.25, 0.3) is 11.1 Å². The molecule has 1 aliphatic rings. The molecule has 19 heavy (non-hydrogen) atoms. The second-order valence-electron chi connectivity index (χ2n) is 5.47. The highest BCUT2D eigenvalue weighted by molar-refractivity contribution is 5.77. The van der Waals surface area contributed by atoms with Gasteiger partial charge in [0.15, 0.2) is 0 Å². The SMILES string of the molecule is CCCCCc1ccc2c(c1)Cc1cc(O)ccc1-2. The first kappa shape index (κ1) is 12.3. The number of benzene rings is 2. The van der Waals surface area contributed by atoms with Gasteiger partial charge in [-0.25, -0.2) is 0 Å².